The lowest BCUT2D eigenvalue weighted by atomic mass is 10.5. The van der Waals surface area contributed by atoms with E-state index in [1.165, 1.54) is 6.20 Å². The van der Waals surface area contributed by atoms with E-state index in [1.807, 2.05) is 0 Å². The van der Waals surface area contributed by atoms with E-state index < -0.39 is 5.97 Å². The molecular formula is C8H9BrN4O3. The minimum absolute atomic E-state index is 0.0828. The molecule has 0 aliphatic rings. The van der Waals surface area contributed by atoms with Crippen LogP contribution >= 0.6 is 15.9 Å². The molecule has 8 heteroatoms. The second kappa shape index (κ2) is 5.40. The second-order valence-electron chi connectivity index (χ2n) is 2.90. The van der Waals surface area contributed by atoms with E-state index in [4.69, 9.17) is 5.11 Å². The van der Waals surface area contributed by atoms with E-state index in [1.54, 1.807) is 0 Å². The van der Waals surface area contributed by atoms with Crippen molar-refractivity contribution in [3.05, 3.63) is 23.0 Å². The average Bonchev–Trinajstić information content (AvgIpc) is 2.63. The van der Waals surface area contributed by atoms with Crippen molar-refractivity contribution in [2.75, 3.05) is 6.54 Å². The Bertz CT molecular complexity index is 429. The second-order valence-corrected chi connectivity index (χ2v) is 4.02. The molecule has 0 spiro atoms. The van der Waals surface area contributed by atoms with Crippen molar-refractivity contribution in [3.63, 3.8) is 0 Å². The highest BCUT2D eigenvalue weighted by Crippen LogP contribution is 1.97. The van der Waals surface area contributed by atoms with Crippen LogP contribution < -0.4 is 5.32 Å². The quantitative estimate of drug-likeness (QED) is 0.795. The summed E-state index contributed by atoms with van der Waals surface area (Å²) < 4.78 is 1.79. The van der Waals surface area contributed by atoms with Gasteiger partial charge in [0.05, 0.1) is 6.20 Å². The lowest BCUT2D eigenvalue weighted by Crippen LogP contribution is -2.28. The molecule has 86 valence electrons. The third kappa shape index (κ3) is 3.81. The van der Waals surface area contributed by atoms with Gasteiger partial charge in [-0.15, -0.1) is 5.10 Å². The predicted octanol–water partition coefficient (Wildman–Crippen LogP) is 0.00110. The molecule has 1 aromatic heterocycles. The number of hydrogen-bond acceptors (Lipinski definition) is 4. The maximum absolute atomic E-state index is 11.3. The van der Waals surface area contributed by atoms with E-state index in [0.29, 0.717) is 11.0 Å². The van der Waals surface area contributed by atoms with E-state index in [2.05, 4.69) is 38.1 Å². The largest absolute Gasteiger partial charge is 0.476 e. The van der Waals surface area contributed by atoms with Gasteiger partial charge in [0.15, 0.2) is 5.69 Å². The van der Waals surface area contributed by atoms with E-state index in [9.17, 15) is 9.59 Å². The smallest absolute Gasteiger partial charge is 0.358 e. The fourth-order valence-corrected chi connectivity index (χ4v) is 1.01. The molecular weight excluding hydrogens is 280 g/mol. The molecule has 0 aliphatic carbocycles. The van der Waals surface area contributed by atoms with Gasteiger partial charge in [0, 0.05) is 11.0 Å². The Hall–Kier alpha value is -1.70. The number of carbonyl (C=O) groups is 2. The summed E-state index contributed by atoms with van der Waals surface area (Å²) in [5, 5.41) is 18.0. The zero-order valence-corrected chi connectivity index (χ0v) is 9.77. The average molecular weight is 289 g/mol. The predicted molar refractivity (Wildman–Crippen MR) is 58.1 cm³/mol. The Labute approximate surface area is 99.3 Å². The van der Waals surface area contributed by atoms with Gasteiger partial charge in [0.25, 0.3) is 0 Å². The van der Waals surface area contributed by atoms with Crippen LogP contribution in [0.5, 0.6) is 0 Å². The normalized spacial score (nSPS) is 9.81. The van der Waals surface area contributed by atoms with Gasteiger partial charge in [-0.2, -0.15) is 0 Å². The van der Waals surface area contributed by atoms with Gasteiger partial charge in [-0.1, -0.05) is 27.7 Å². The molecule has 0 saturated carbocycles. The number of rotatable bonds is 5. The molecule has 0 atom stereocenters. The summed E-state index contributed by atoms with van der Waals surface area (Å²) >= 11 is 3.09. The molecule has 1 amide bonds. The number of aromatic nitrogens is 3. The zero-order valence-electron chi connectivity index (χ0n) is 8.18. The number of halogens is 1. The van der Waals surface area contributed by atoms with Crippen LogP contribution in [0, 0.1) is 0 Å². The highest BCUT2D eigenvalue weighted by Gasteiger charge is 2.10. The number of nitrogens with one attached hydrogen (secondary N) is 1. The Morgan fingerprint density at radius 1 is 1.62 bits per heavy atom. The van der Waals surface area contributed by atoms with Gasteiger partial charge in [-0.3, -0.25) is 4.79 Å². The number of carbonyl (C=O) groups excluding carboxylic acids is 1. The Morgan fingerprint density at radius 2 is 2.31 bits per heavy atom. The third-order valence-corrected chi connectivity index (χ3v) is 1.82. The summed E-state index contributed by atoms with van der Waals surface area (Å²) in [7, 11) is 0. The van der Waals surface area contributed by atoms with Crippen molar-refractivity contribution in [2.24, 2.45) is 0 Å². The van der Waals surface area contributed by atoms with E-state index in [0.717, 1.165) is 4.68 Å². The summed E-state index contributed by atoms with van der Waals surface area (Å²) in [4.78, 5) is 21.8. The van der Waals surface area contributed by atoms with Crippen LogP contribution in [0.1, 0.15) is 10.5 Å². The Morgan fingerprint density at radius 3 is 2.81 bits per heavy atom. The lowest BCUT2D eigenvalue weighted by molar-refractivity contribution is -0.121. The van der Waals surface area contributed by atoms with Gasteiger partial charge in [-0.25, -0.2) is 9.48 Å². The van der Waals surface area contributed by atoms with Crippen molar-refractivity contribution < 1.29 is 14.7 Å². The molecule has 7 nitrogen and oxygen atoms in total. The van der Waals surface area contributed by atoms with Crippen molar-refractivity contribution in [1.82, 2.24) is 20.3 Å². The zero-order chi connectivity index (χ0) is 12.1. The van der Waals surface area contributed by atoms with Gasteiger partial charge in [0.1, 0.15) is 6.54 Å². The summed E-state index contributed by atoms with van der Waals surface area (Å²) in [5.41, 5.74) is -0.197. The molecule has 1 aromatic rings. The number of amides is 1. The van der Waals surface area contributed by atoms with Gasteiger partial charge in [0.2, 0.25) is 5.91 Å². The SMILES string of the molecule is C=C(Br)CNC(=O)Cn1cc(C(=O)O)nn1. The highest BCUT2D eigenvalue weighted by atomic mass is 79.9. The highest BCUT2D eigenvalue weighted by molar-refractivity contribution is 9.11. The summed E-state index contributed by atoms with van der Waals surface area (Å²) in [6.45, 7) is 3.77. The molecule has 0 radical (unpaired) electrons. The van der Waals surface area contributed by atoms with Gasteiger partial charge in [-0.05, 0) is 0 Å². The van der Waals surface area contributed by atoms with Crippen LogP contribution in [-0.4, -0.2) is 38.5 Å². The molecule has 0 fully saturated rings. The van der Waals surface area contributed by atoms with Gasteiger partial charge >= 0.3 is 5.97 Å². The summed E-state index contributed by atoms with van der Waals surface area (Å²) in [5.74, 6) is -1.48. The van der Waals surface area contributed by atoms with Crippen LogP contribution in [0.25, 0.3) is 0 Å². The van der Waals surface area contributed by atoms with Crippen molar-refractivity contribution in [1.29, 1.82) is 0 Å². The molecule has 0 bridgehead atoms. The fraction of sp³-hybridized carbons (Fsp3) is 0.250. The number of carboxylic acids is 1. The van der Waals surface area contributed by atoms with Crippen molar-refractivity contribution in [3.8, 4) is 0 Å². The Balaban J connectivity index is 2.49. The third-order valence-electron chi connectivity index (χ3n) is 1.54. The maximum atomic E-state index is 11.3. The molecule has 0 saturated heterocycles. The first-order valence-electron chi connectivity index (χ1n) is 4.22. The number of carboxylic acid groups (broad SMARTS) is 1. The van der Waals surface area contributed by atoms with Crippen LogP contribution in [0.4, 0.5) is 0 Å². The van der Waals surface area contributed by atoms with E-state index >= 15 is 0 Å². The van der Waals surface area contributed by atoms with Crippen molar-refractivity contribution >= 4 is 27.8 Å². The van der Waals surface area contributed by atoms with Crippen molar-refractivity contribution in [2.45, 2.75) is 6.54 Å². The first-order chi connectivity index (χ1) is 7.49. The molecule has 2 N–H and O–H groups in total. The first-order valence-corrected chi connectivity index (χ1v) is 5.01. The molecule has 1 heterocycles. The van der Waals surface area contributed by atoms with Crippen LogP contribution in [0.3, 0.4) is 0 Å². The number of aromatic carboxylic acids is 1. The van der Waals surface area contributed by atoms with E-state index in [-0.39, 0.29) is 18.1 Å². The fourth-order valence-electron chi connectivity index (χ4n) is 0.871. The number of nitrogens with zero attached hydrogens (tertiary/aromatic N) is 3. The minimum atomic E-state index is -1.18. The summed E-state index contributed by atoms with van der Waals surface area (Å²) in [6.07, 6.45) is 1.19. The topological polar surface area (TPSA) is 97.1 Å². The Kier molecular flexibility index (Phi) is 4.18. The standard InChI is InChI=1S/C8H9BrN4O3/c1-5(9)2-10-7(14)4-13-3-6(8(15)16)11-12-13/h3H,1-2,4H2,(H,10,14)(H,15,16). The maximum Gasteiger partial charge on any atom is 0.358 e. The number of hydrogen-bond donors (Lipinski definition) is 2. The molecule has 16 heavy (non-hydrogen) atoms. The molecule has 0 aromatic carbocycles. The minimum Gasteiger partial charge on any atom is -0.476 e. The molecule has 0 aliphatic heterocycles. The lowest BCUT2D eigenvalue weighted by Gasteiger charge is -2.02. The summed E-state index contributed by atoms with van der Waals surface area (Å²) in [6, 6.07) is 0. The first kappa shape index (κ1) is 12.4. The molecule has 1 rings (SSSR count). The van der Waals surface area contributed by atoms with Crippen LogP contribution in [-0.2, 0) is 11.3 Å². The monoisotopic (exact) mass is 288 g/mol. The molecule has 0 unspecified atom stereocenters. The van der Waals surface area contributed by atoms with Crippen LogP contribution in [0.15, 0.2) is 17.3 Å². The van der Waals surface area contributed by atoms with Crippen LogP contribution in [0.2, 0.25) is 0 Å². The van der Waals surface area contributed by atoms with Gasteiger partial charge < -0.3 is 10.4 Å².